The number of rotatable bonds is 7. The van der Waals surface area contributed by atoms with Crippen molar-refractivity contribution in [3.63, 3.8) is 0 Å². The fourth-order valence-electron chi connectivity index (χ4n) is 4.15. The predicted molar refractivity (Wildman–Crippen MR) is 128 cm³/mol. The van der Waals surface area contributed by atoms with E-state index in [2.05, 4.69) is 76.0 Å². The highest BCUT2D eigenvalue weighted by Gasteiger charge is 2.41. The number of thiocarbonyl (C=S) groups is 1. The Morgan fingerprint density at radius 1 is 1.10 bits per heavy atom. The van der Waals surface area contributed by atoms with Gasteiger partial charge < -0.3 is 24.4 Å². The van der Waals surface area contributed by atoms with E-state index in [1.807, 2.05) is 30.5 Å². The lowest BCUT2D eigenvalue weighted by atomic mass is 10.0. The molecule has 162 valence electrons. The molecule has 4 rings (SSSR count). The van der Waals surface area contributed by atoms with Crippen LogP contribution in [0, 0.1) is 6.92 Å². The molecule has 2 atom stereocenters. The van der Waals surface area contributed by atoms with E-state index in [1.54, 1.807) is 7.11 Å². The van der Waals surface area contributed by atoms with Crippen LogP contribution in [0.1, 0.15) is 29.2 Å². The molecule has 0 saturated carbocycles. The largest absolute Gasteiger partial charge is 0.497 e. The third-order valence-electron chi connectivity index (χ3n) is 5.73. The second kappa shape index (κ2) is 9.08. The molecule has 0 radical (unpaired) electrons. The first-order valence-corrected chi connectivity index (χ1v) is 10.9. The average Bonchev–Trinajstić information content (AvgIpc) is 3.32. The van der Waals surface area contributed by atoms with Gasteiger partial charge in [0, 0.05) is 36.4 Å². The highest BCUT2D eigenvalue weighted by Crippen LogP contribution is 2.40. The van der Waals surface area contributed by atoms with E-state index in [-0.39, 0.29) is 12.1 Å². The van der Waals surface area contributed by atoms with Gasteiger partial charge in [-0.3, -0.25) is 4.98 Å². The zero-order valence-electron chi connectivity index (χ0n) is 18.4. The lowest BCUT2D eigenvalue weighted by Gasteiger charge is -2.30. The number of ether oxygens (including phenoxy) is 1. The van der Waals surface area contributed by atoms with Crippen molar-refractivity contribution in [2.45, 2.75) is 19.0 Å². The number of nitrogens with zero attached hydrogens (tertiary/aromatic N) is 4. The number of pyridine rings is 1. The van der Waals surface area contributed by atoms with Crippen LogP contribution in [0.15, 0.2) is 60.8 Å². The van der Waals surface area contributed by atoms with Gasteiger partial charge in [-0.05, 0) is 81.8 Å². The van der Waals surface area contributed by atoms with Crippen molar-refractivity contribution in [3.05, 3.63) is 77.9 Å². The summed E-state index contributed by atoms with van der Waals surface area (Å²) < 4.78 is 7.65. The lowest BCUT2D eigenvalue weighted by Crippen LogP contribution is -2.36. The summed E-state index contributed by atoms with van der Waals surface area (Å²) in [5.74, 6) is 0.845. The molecule has 31 heavy (non-hydrogen) atoms. The molecule has 6 nitrogen and oxygen atoms in total. The summed E-state index contributed by atoms with van der Waals surface area (Å²) in [7, 11) is 5.86. The number of hydrogen-bond donors (Lipinski definition) is 1. The van der Waals surface area contributed by atoms with Crippen molar-refractivity contribution in [2.75, 3.05) is 34.3 Å². The van der Waals surface area contributed by atoms with E-state index in [4.69, 9.17) is 17.0 Å². The molecule has 0 aliphatic carbocycles. The van der Waals surface area contributed by atoms with Crippen LogP contribution in [0.5, 0.6) is 5.75 Å². The molecule has 0 spiro atoms. The molecule has 1 aliphatic rings. The van der Waals surface area contributed by atoms with Crippen LogP contribution in [0.25, 0.3) is 5.69 Å². The Bertz CT molecular complexity index is 1030. The maximum atomic E-state index is 5.79. The molecule has 0 unspecified atom stereocenters. The van der Waals surface area contributed by atoms with Crippen molar-refractivity contribution < 1.29 is 4.74 Å². The average molecular weight is 436 g/mol. The lowest BCUT2D eigenvalue weighted by molar-refractivity contribution is 0.272. The second-order valence-corrected chi connectivity index (χ2v) is 8.44. The number of hydrogen-bond acceptors (Lipinski definition) is 4. The fraction of sp³-hybridized carbons (Fsp3) is 0.333. The minimum atomic E-state index is -0.0258. The molecule has 7 heteroatoms. The van der Waals surface area contributed by atoms with E-state index in [0.717, 1.165) is 35.3 Å². The molecule has 1 fully saturated rings. The number of nitrogens with one attached hydrogen (secondary N) is 1. The molecule has 1 aliphatic heterocycles. The molecule has 3 aromatic rings. The third-order valence-corrected chi connectivity index (χ3v) is 6.08. The number of likely N-dealkylation sites (N-methyl/N-ethyl adjacent to an activating group) is 1. The Hall–Kier alpha value is -2.90. The van der Waals surface area contributed by atoms with Crippen molar-refractivity contribution in [2.24, 2.45) is 0 Å². The summed E-state index contributed by atoms with van der Waals surface area (Å²) in [4.78, 5) is 9.12. The zero-order chi connectivity index (χ0) is 22.0. The van der Waals surface area contributed by atoms with E-state index in [0.29, 0.717) is 0 Å². The van der Waals surface area contributed by atoms with Gasteiger partial charge in [0.05, 0.1) is 24.9 Å². The molecular formula is C24H29N5OS. The Balaban J connectivity index is 1.80. The van der Waals surface area contributed by atoms with Gasteiger partial charge in [-0.1, -0.05) is 6.07 Å². The Morgan fingerprint density at radius 3 is 2.52 bits per heavy atom. The van der Waals surface area contributed by atoms with Crippen LogP contribution in [-0.4, -0.2) is 58.8 Å². The van der Waals surface area contributed by atoms with Gasteiger partial charge in [-0.25, -0.2) is 0 Å². The van der Waals surface area contributed by atoms with E-state index < -0.39 is 0 Å². The van der Waals surface area contributed by atoms with Gasteiger partial charge in [0.25, 0.3) is 0 Å². The van der Waals surface area contributed by atoms with Gasteiger partial charge in [0.15, 0.2) is 5.11 Å². The van der Waals surface area contributed by atoms with Gasteiger partial charge in [0.2, 0.25) is 0 Å². The first-order chi connectivity index (χ1) is 15.0. The molecule has 1 aromatic carbocycles. The summed E-state index contributed by atoms with van der Waals surface area (Å²) in [6.45, 7) is 3.88. The molecule has 2 aromatic heterocycles. The smallest absolute Gasteiger partial charge is 0.170 e. The van der Waals surface area contributed by atoms with Crippen molar-refractivity contribution in [3.8, 4) is 11.4 Å². The van der Waals surface area contributed by atoms with Crippen molar-refractivity contribution >= 4 is 17.3 Å². The van der Waals surface area contributed by atoms with E-state index in [9.17, 15) is 0 Å². The zero-order valence-corrected chi connectivity index (χ0v) is 19.3. The quantitative estimate of drug-likeness (QED) is 0.571. The number of benzene rings is 1. The van der Waals surface area contributed by atoms with Crippen molar-refractivity contribution in [1.82, 2.24) is 24.7 Å². The Labute approximate surface area is 189 Å². The minimum absolute atomic E-state index is 0.0258. The molecular weight excluding hydrogens is 406 g/mol. The highest BCUT2D eigenvalue weighted by molar-refractivity contribution is 7.80. The predicted octanol–water partition coefficient (Wildman–Crippen LogP) is 3.72. The van der Waals surface area contributed by atoms with Crippen LogP contribution < -0.4 is 10.1 Å². The summed E-state index contributed by atoms with van der Waals surface area (Å²) in [5, 5.41) is 4.31. The summed E-state index contributed by atoms with van der Waals surface area (Å²) in [6.07, 6.45) is 1.84. The van der Waals surface area contributed by atoms with Crippen LogP contribution >= 0.6 is 12.2 Å². The SMILES string of the molecule is COc1ccc(-n2c(C)ccc2[C@@H]2[C@@H](c3ccccn3)NC(=S)N2CCN(C)C)cc1. The van der Waals surface area contributed by atoms with Crippen LogP contribution in [0.4, 0.5) is 0 Å². The normalized spacial score (nSPS) is 18.5. The number of aromatic nitrogens is 2. The first-order valence-electron chi connectivity index (χ1n) is 10.4. The topological polar surface area (TPSA) is 45.6 Å². The Morgan fingerprint density at radius 2 is 1.87 bits per heavy atom. The monoisotopic (exact) mass is 435 g/mol. The first kappa shape index (κ1) is 21.3. The van der Waals surface area contributed by atoms with Crippen LogP contribution in [0.2, 0.25) is 0 Å². The minimum Gasteiger partial charge on any atom is -0.497 e. The van der Waals surface area contributed by atoms with Gasteiger partial charge in [-0.15, -0.1) is 0 Å². The maximum Gasteiger partial charge on any atom is 0.170 e. The summed E-state index contributed by atoms with van der Waals surface area (Å²) in [5.41, 5.74) is 4.44. The standard InChI is InChI=1S/C24H29N5OS/c1-17-8-13-21(29(17)18-9-11-19(30-4)12-10-18)23-22(20-7-5-6-14-25-20)26-24(31)28(23)16-15-27(2)3/h5-14,22-23H,15-16H2,1-4H3,(H,26,31)/t22-,23-/m1/s1. The second-order valence-electron chi connectivity index (χ2n) is 8.06. The number of methoxy groups -OCH3 is 1. The Kier molecular flexibility index (Phi) is 6.25. The van der Waals surface area contributed by atoms with Crippen molar-refractivity contribution in [1.29, 1.82) is 0 Å². The summed E-state index contributed by atoms with van der Waals surface area (Å²) in [6, 6.07) is 18.6. The van der Waals surface area contributed by atoms with Crippen LogP contribution in [0.3, 0.4) is 0 Å². The van der Waals surface area contributed by atoms with Crippen LogP contribution in [-0.2, 0) is 0 Å². The maximum absolute atomic E-state index is 5.79. The van der Waals surface area contributed by atoms with Gasteiger partial charge >= 0.3 is 0 Å². The van der Waals surface area contributed by atoms with E-state index in [1.165, 1.54) is 11.4 Å². The molecule has 0 amide bonds. The fourth-order valence-corrected chi connectivity index (χ4v) is 4.48. The molecule has 1 N–H and O–H groups in total. The highest BCUT2D eigenvalue weighted by atomic mass is 32.1. The molecule has 0 bridgehead atoms. The van der Waals surface area contributed by atoms with Gasteiger partial charge in [0.1, 0.15) is 5.75 Å². The third kappa shape index (κ3) is 4.29. The molecule has 3 heterocycles. The van der Waals surface area contributed by atoms with E-state index >= 15 is 0 Å². The van der Waals surface area contributed by atoms with Gasteiger partial charge in [-0.2, -0.15) is 0 Å². The summed E-state index contributed by atoms with van der Waals surface area (Å²) >= 11 is 5.79. The number of aryl methyl sites for hydroxylation is 1. The molecule has 1 saturated heterocycles.